The van der Waals surface area contributed by atoms with Gasteiger partial charge in [0.2, 0.25) is 0 Å². The first-order valence-corrected chi connectivity index (χ1v) is 12.9. The number of para-hydroxylation sites is 2. The van der Waals surface area contributed by atoms with E-state index < -0.39 is 0 Å². The van der Waals surface area contributed by atoms with Crippen molar-refractivity contribution in [2.45, 2.75) is 0 Å². The third-order valence-corrected chi connectivity index (χ3v) is 8.26. The second-order valence-electron chi connectivity index (χ2n) is 9.14. The first-order valence-electron chi connectivity index (χ1n) is 12.1. The molecule has 0 unspecified atom stereocenters. The molecular formula is C33H19NOS. The number of thiophene rings is 1. The molecule has 36 heavy (non-hydrogen) atoms. The van der Waals surface area contributed by atoms with E-state index in [2.05, 4.69) is 103 Å². The van der Waals surface area contributed by atoms with E-state index in [1.807, 2.05) is 23.5 Å². The number of pyridine rings is 1. The molecule has 0 saturated heterocycles. The summed E-state index contributed by atoms with van der Waals surface area (Å²) in [5.74, 6) is 0. The Bertz CT molecular complexity index is 2110. The van der Waals surface area contributed by atoms with E-state index in [1.165, 1.54) is 25.6 Å². The van der Waals surface area contributed by atoms with Gasteiger partial charge >= 0.3 is 0 Å². The summed E-state index contributed by atoms with van der Waals surface area (Å²) in [6, 6.07) is 40.5. The number of hydrogen-bond donors (Lipinski definition) is 0. The SMILES string of the molecule is c1cc(-c2nc3c4ccccc4sc3c3ccccc23)cc(-c2cccc3c2oc2ccccc23)c1. The first kappa shape index (κ1) is 19.8. The molecule has 0 N–H and O–H groups in total. The van der Waals surface area contributed by atoms with Crippen molar-refractivity contribution in [2.24, 2.45) is 0 Å². The van der Waals surface area contributed by atoms with Crippen LogP contribution < -0.4 is 0 Å². The lowest BCUT2D eigenvalue weighted by Gasteiger charge is -2.10. The molecule has 0 radical (unpaired) electrons. The summed E-state index contributed by atoms with van der Waals surface area (Å²) in [5, 5.41) is 5.93. The van der Waals surface area contributed by atoms with E-state index in [4.69, 9.17) is 9.40 Å². The number of nitrogens with zero attached hydrogens (tertiary/aromatic N) is 1. The fraction of sp³-hybridized carbons (Fsp3) is 0. The summed E-state index contributed by atoms with van der Waals surface area (Å²) >= 11 is 1.82. The Hall–Kier alpha value is -4.47. The molecule has 0 atom stereocenters. The van der Waals surface area contributed by atoms with Crippen molar-refractivity contribution >= 4 is 64.4 Å². The van der Waals surface area contributed by atoms with Crippen LogP contribution in [0.4, 0.5) is 0 Å². The maximum Gasteiger partial charge on any atom is 0.143 e. The predicted octanol–water partition coefficient (Wildman–Crippen LogP) is 9.84. The molecule has 168 valence electrons. The minimum absolute atomic E-state index is 0.915. The van der Waals surface area contributed by atoms with Crippen molar-refractivity contribution < 1.29 is 4.42 Å². The Morgan fingerprint density at radius 3 is 2.17 bits per heavy atom. The normalized spacial score (nSPS) is 11.9. The molecule has 0 aliphatic heterocycles. The summed E-state index contributed by atoms with van der Waals surface area (Å²) in [4.78, 5) is 5.28. The van der Waals surface area contributed by atoms with E-state index in [9.17, 15) is 0 Å². The van der Waals surface area contributed by atoms with E-state index in [0.29, 0.717) is 0 Å². The van der Waals surface area contributed by atoms with Gasteiger partial charge in [-0.05, 0) is 23.8 Å². The van der Waals surface area contributed by atoms with E-state index in [1.54, 1.807) is 0 Å². The summed E-state index contributed by atoms with van der Waals surface area (Å²) in [6.45, 7) is 0. The molecule has 0 bridgehead atoms. The predicted molar refractivity (Wildman–Crippen MR) is 153 cm³/mol. The number of fused-ring (bicyclic) bond motifs is 8. The zero-order valence-corrected chi connectivity index (χ0v) is 20.0. The topological polar surface area (TPSA) is 26.0 Å². The number of furan rings is 1. The average molecular weight is 478 g/mol. The van der Waals surface area contributed by atoms with Crippen LogP contribution in [0, 0.1) is 0 Å². The van der Waals surface area contributed by atoms with Crippen molar-refractivity contribution in [1.82, 2.24) is 4.98 Å². The largest absolute Gasteiger partial charge is 0.455 e. The Kier molecular flexibility index (Phi) is 4.13. The molecule has 5 aromatic carbocycles. The summed E-state index contributed by atoms with van der Waals surface area (Å²) in [6.07, 6.45) is 0. The van der Waals surface area contributed by atoms with Gasteiger partial charge in [0.25, 0.3) is 0 Å². The molecule has 3 heteroatoms. The zero-order valence-electron chi connectivity index (χ0n) is 19.2. The van der Waals surface area contributed by atoms with E-state index >= 15 is 0 Å². The van der Waals surface area contributed by atoms with Crippen LogP contribution >= 0.6 is 11.3 Å². The lowest BCUT2D eigenvalue weighted by Crippen LogP contribution is -1.89. The highest BCUT2D eigenvalue weighted by molar-refractivity contribution is 7.26. The van der Waals surface area contributed by atoms with Gasteiger partial charge < -0.3 is 4.42 Å². The highest BCUT2D eigenvalue weighted by Gasteiger charge is 2.16. The van der Waals surface area contributed by atoms with Gasteiger partial charge in [0.05, 0.1) is 15.9 Å². The molecule has 2 nitrogen and oxygen atoms in total. The van der Waals surface area contributed by atoms with Gasteiger partial charge in [-0.25, -0.2) is 4.98 Å². The molecule has 8 rings (SSSR count). The number of rotatable bonds is 2. The minimum Gasteiger partial charge on any atom is -0.455 e. The van der Waals surface area contributed by atoms with Crippen LogP contribution in [0.5, 0.6) is 0 Å². The lowest BCUT2D eigenvalue weighted by atomic mass is 9.97. The van der Waals surface area contributed by atoms with Crippen LogP contribution in [-0.2, 0) is 0 Å². The fourth-order valence-electron chi connectivity index (χ4n) is 5.41. The number of benzene rings is 5. The minimum atomic E-state index is 0.915. The van der Waals surface area contributed by atoms with Crippen molar-refractivity contribution in [1.29, 1.82) is 0 Å². The standard InChI is InChI=1S/C33H19NOS/c1-2-13-26-24(12-1)30(34-31-27-14-4-6-18-29(27)36-33(26)31)21-10-7-9-20(19-21)22-15-8-16-25-23-11-3-5-17-28(23)35-32(22)25/h1-19H. The molecule has 0 saturated carbocycles. The van der Waals surface area contributed by atoms with Crippen LogP contribution in [0.15, 0.2) is 120 Å². The monoisotopic (exact) mass is 477 g/mol. The van der Waals surface area contributed by atoms with Gasteiger partial charge in [-0.1, -0.05) is 97.1 Å². The Morgan fingerprint density at radius 1 is 0.556 bits per heavy atom. The second kappa shape index (κ2) is 7.51. The molecule has 8 aromatic rings. The fourth-order valence-corrected chi connectivity index (χ4v) is 6.60. The molecule has 0 amide bonds. The maximum absolute atomic E-state index is 6.33. The van der Waals surface area contributed by atoms with Gasteiger partial charge in [-0.2, -0.15) is 0 Å². The summed E-state index contributed by atoms with van der Waals surface area (Å²) in [5.41, 5.74) is 7.25. The van der Waals surface area contributed by atoms with E-state index in [0.717, 1.165) is 49.8 Å². The number of aromatic nitrogens is 1. The van der Waals surface area contributed by atoms with Gasteiger partial charge in [0.1, 0.15) is 11.2 Å². The molecular weight excluding hydrogens is 458 g/mol. The smallest absolute Gasteiger partial charge is 0.143 e. The first-order chi connectivity index (χ1) is 17.8. The Labute approximate surface area is 211 Å². The molecule has 0 spiro atoms. The second-order valence-corrected chi connectivity index (χ2v) is 10.2. The van der Waals surface area contributed by atoms with Crippen LogP contribution in [0.25, 0.3) is 75.4 Å². The van der Waals surface area contributed by atoms with Gasteiger partial charge in [-0.15, -0.1) is 11.3 Å². The molecule has 3 heterocycles. The highest BCUT2D eigenvalue weighted by Crippen LogP contribution is 2.42. The van der Waals surface area contributed by atoms with Crippen LogP contribution in [0.1, 0.15) is 0 Å². The maximum atomic E-state index is 6.33. The number of hydrogen-bond acceptors (Lipinski definition) is 3. The highest BCUT2D eigenvalue weighted by atomic mass is 32.1. The third-order valence-electron chi connectivity index (χ3n) is 7.07. The van der Waals surface area contributed by atoms with Crippen molar-refractivity contribution in [3.8, 4) is 22.4 Å². The lowest BCUT2D eigenvalue weighted by molar-refractivity contribution is 0.670. The quantitative estimate of drug-likeness (QED) is 0.248. The van der Waals surface area contributed by atoms with Gasteiger partial charge in [0, 0.05) is 42.8 Å². The molecule has 0 fully saturated rings. The zero-order chi connectivity index (χ0) is 23.6. The molecule has 3 aromatic heterocycles. The third kappa shape index (κ3) is 2.81. The van der Waals surface area contributed by atoms with E-state index in [-0.39, 0.29) is 0 Å². The molecule has 0 aliphatic rings. The van der Waals surface area contributed by atoms with Crippen molar-refractivity contribution in [3.05, 3.63) is 115 Å². The summed E-state index contributed by atoms with van der Waals surface area (Å²) in [7, 11) is 0. The van der Waals surface area contributed by atoms with Gasteiger partial charge in [0.15, 0.2) is 0 Å². The Morgan fingerprint density at radius 2 is 1.25 bits per heavy atom. The van der Waals surface area contributed by atoms with Crippen molar-refractivity contribution in [3.63, 3.8) is 0 Å². The Balaban J connectivity index is 1.40. The van der Waals surface area contributed by atoms with Crippen LogP contribution in [-0.4, -0.2) is 4.98 Å². The molecule has 0 aliphatic carbocycles. The van der Waals surface area contributed by atoms with Crippen LogP contribution in [0.2, 0.25) is 0 Å². The van der Waals surface area contributed by atoms with Gasteiger partial charge in [-0.3, -0.25) is 0 Å². The van der Waals surface area contributed by atoms with Crippen molar-refractivity contribution in [2.75, 3.05) is 0 Å². The summed E-state index contributed by atoms with van der Waals surface area (Å²) < 4.78 is 8.85. The average Bonchev–Trinajstić information content (AvgIpc) is 3.51. The van der Waals surface area contributed by atoms with Crippen LogP contribution in [0.3, 0.4) is 0 Å².